The maximum absolute atomic E-state index is 11.5. The first-order valence-corrected chi connectivity index (χ1v) is 12.9. The molecule has 2 heterocycles. The van der Waals surface area contributed by atoms with Gasteiger partial charge in [-0.05, 0) is 31.4 Å². The highest BCUT2D eigenvalue weighted by Crippen LogP contribution is 2.34. The molecule has 166 valence electrons. The standard InChI is InChI=1S/C22H30N6O2S/c1-3-4-14-23-22-24-15-19-20(16-10-12-17(13-11-16)27-31(2,29)30)26-28(21(19)25-22)18-8-6-5-7-9-18/h10-13,15,18,27H,3-9,14H2,1-2H3,(H,23,24,25). The van der Waals surface area contributed by atoms with Crippen molar-refractivity contribution in [2.45, 2.75) is 57.9 Å². The summed E-state index contributed by atoms with van der Waals surface area (Å²) in [7, 11) is -3.31. The van der Waals surface area contributed by atoms with Crippen LogP contribution in [0.1, 0.15) is 57.9 Å². The summed E-state index contributed by atoms with van der Waals surface area (Å²) in [5, 5.41) is 9.20. The Morgan fingerprint density at radius 1 is 1.13 bits per heavy atom. The van der Waals surface area contributed by atoms with Crippen LogP contribution >= 0.6 is 0 Å². The third-order valence-corrected chi connectivity index (χ3v) is 6.25. The SMILES string of the molecule is CCCCNc1ncc2c(-c3ccc(NS(C)(=O)=O)cc3)nn(C3CCCCC3)c2n1. The number of nitrogens with one attached hydrogen (secondary N) is 2. The van der Waals surface area contributed by atoms with E-state index < -0.39 is 10.0 Å². The first-order chi connectivity index (χ1) is 14.9. The average Bonchev–Trinajstić information content (AvgIpc) is 3.13. The molecule has 1 aliphatic carbocycles. The van der Waals surface area contributed by atoms with Crippen molar-refractivity contribution >= 4 is 32.7 Å². The van der Waals surface area contributed by atoms with Gasteiger partial charge < -0.3 is 5.32 Å². The summed E-state index contributed by atoms with van der Waals surface area (Å²) in [6, 6.07) is 7.61. The normalized spacial score (nSPS) is 15.3. The maximum atomic E-state index is 11.5. The Labute approximate surface area is 183 Å². The van der Waals surface area contributed by atoms with Crippen molar-refractivity contribution < 1.29 is 8.42 Å². The fourth-order valence-electron chi connectivity index (χ4n) is 4.09. The van der Waals surface area contributed by atoms with Gasteiger partial charge in [-0.15, -0.1) is 0 Å². The minimum absolute atomic E-state index is 0.342. The number of aromatic nitrogens is 4. The van der Waals surface area contributed by atoms with Crippen molar-refractivity contribution in [3.8, 4) is 11.3 Å². The van der Waals surface area contributed by atoms with Gasteiger partial charge in [0.1, 0.15) is 5.69 Å². The summed E-state index contributed by atoms with van der Waals surface area (Å²) in [5.41, 5.74) is 3.12. The third kappa shape index (κ3) is 5.15. The average molecular weight is 443 g/mol. The van der Waals surface area contributed by atoms with E-state index in [0.29, 0.717) is 17.7 Å². The lowest BCUT2D eigenvalue weighted by Crippen LogP contribution is -2.15. The Bertz CT molecular complexity index is 1130. The number of hydrogen-bond acceptors (Lipinski definition) is 6. The second kappa shape index (κ2) is 9.21. The molecule has 1 fully saturated rings. The van der Waals surface area contributed by atoms with Crippen LogP contribution in [-0.4, -0.2) is 41.0 Å². The molecule has 2 N–H and O–H groups in total. The van der Waals surface area contributed by atoms with Crippen molar-refractivity contribution in [1.29, 1.82) is 0 Å². The van der Waals surface area contributed by atoms with Gasteiger partial charge in [0.2, 0.25) is 16.0 Å². The number of nitrogens with zero attached hydrogens (tertiary/aromatic N) is 4. The molecule has 0 bridgehead atoms. The molecule has 1 saturated carbocycles. The Balaban J connectivity index is 1.72. The molecule has 8 nitrogen and oxygen atoms in total. The van der Waals surface area contributed by atoms with Crippen LogP contribution in [-0.2, 0) is 10.0 Å². The number of sulfonamides is 1. The maximum Gasteiger partial charge on any atom is 0.229 e. The van der Waals surface area contributed by atoms with E-state index in [2.05, 4.69) is 26.6 Å². The van der Waals surface area contributed by atoms with Crippen LogP contribution in [0, 0.1) is 0 Å². The summed E-state index contributed by atoms with van der Waals surface area (Å²) in [6.45, 7) is 3.01. The van der Waals surface area contributed by atoms with Crippen molar-refractivity contribution in [3.05, 3.63) is 30.5 Å². The molecule has 3 aromatic rings. The highest BCUT2D eigenvalue weighted by Gasteiger charge is 2.22. The van der Waals surface area contributed by atoms with E-state index in [1.807, 2.05) is 18.3 Å². The van der Waals surface area contributed by atoms with Crippen LogP contribution in [0.5, 0.6) is 0 Å². The molecule has 1 aliphatic rings. The number of benzene rings is 1. The Hall–Kier alpha value is -2.68. The quantitative estimate of drug-likeness (QED) is 0.495. The van der Waals surface area contributed by atoms with Crippen LogP contribution in [0.3, 0.4) is 0 Å². The van der Waals surface area contributed by atoms with E-state index in [1.54, 1.807) is 12.1 Å². The molecular weight excluding hydrogens is 412 g/mol. The molecule has 31 heavy (non-hydrogen) atoms. The lowest BCUT2D eigenvalue weighted by molar-refractivity contribution is 0.336. The molecule has 0 radical (unpaired) electrons. The molecule has 0 spiro atoms. The number of anilines is 2. The second-order valence-corrected chi connectivity index (χ2v) is 10.00. The van der Waals surface area contributed by atoms with Crippen molar-refractivity contribution in [3.63, 3.8) is 0 Å². The molecule has 9 heteroatoms. The van der Waals surface area contributed by atoms with E-state index >= 15 is 0 Å². The molecule has 0 saturated heterocycles. The van der Waals surface area contributed by atoms with E-state index in [0.717, 1.165) is 60.8 Å². The number of unbranched alkanes of at least 4 members (excludes halogenated alkanes) is 1. The molecule has 0 amide bonds. The zero-order valence-corrected chi connectivity index (χ0v) is 19.0. The summed E-state index contributed by atoms with van der Waals surface area (Å²) in [4.78, 5) is 9.34. The van der Waals surface area contributed by atoms with Gasteiger partial charge in [0.15, 0.2) is 5.65 Å². The van der Waals surface area contributed by atoms with E-state index in [9.17, 15) is 8.42 Å². The zero-order chi connectivity index (χ0) is 21.8. The molecule has 1 aromatic carbocycles. The Morgan fingerprint density at radius 3 is 2.55 bits per heavy atom. The van der Waals surface area contributed by atoms with Crippen LogP contribution in [0.15, 0.2) is 30.5 Å². The first kappa shape index (κ1) is 21.5. The predicted molar refractivity (Wildman–Crippen MR) is 125 cm³/mol. The number of fused-ring (bicyclic) bond motifs is 1. The van der Waals surface area contributed by atoms with Crippen LogP contribution in [0.2, 0.25) is 0 Å². The fraction of sp³-hybridized carbons (Fsp3) is 0.500. The van der Waals surface area contributed by atoms with E-state index in [-0.39, 0.29) is 0 Å². The molecule has 0 atom stereocenters. The largest absolute Gasteiger partial charge is 0.354 e. The van der Waals surface area contributed by atoms with Gasteiger partial charge in [0.25, 0.3) is 0 Å². The summed E-state index contributed by atoms with van der Waals surface area (Å²) >= 11 is 0. The minimum Gasteiger partial charge on any atom is -0.354 e. The number of rotatable bonds is 8. The molecule has 0 aliphatic heterocycles. The van der Waals surface area contributed by atoms with Crippen molar-refractivity contribution in [2.24, 2.45) is 0 Å². The Kier molecular flexibility index (Phi) is 6.41. The summed E-state index contributed by atoms with van der Waals surface area (Å²) in [5.74, 6) is 0.636. The van der Waals surface area contributed by atoms with Gasteiger partial charge in [0, 0.05) is 24.0 Å². The third-order valence-electron chi connectivity index (χ3n) is 5.64. The topological polar surface area (TPSA) is 102 Å². The Morgan fingerprint density at radius 2 is 1.87 bits per heavy atom. The van der Waals surface area contributed by atoms with E-state index in [1.165, 1.54) is 19.3 Å². The second-order valence-electron chi connectivity index (χ2n) is 8.25. The first-order valence-electron chi connectivity index (χ1n) is 11.0. The highest BCUT2D eigenvalue weighted by atomic mass is 32.2. The molecular formula is C22H30N6O2S. The minimum atomic E-state index is -3.31. The van der Waals surface area contributed by atoms with Gasteiger partial charge in [-0.2, -0.15) is 10.1 Å². The molecule has 4 rings (SSSR count). The zero-order valence-electron chi connectivity index (χ0n) is 18.1. The molecule has 0 unspecified atom stereocenters. The van der Waals surface area contributed by atoms with Gasteiger partial charge in [-0.25, -0.2) is 18.1 Å². The lowest BCUT2D eigenvalue weighted by atomic mass is 9.96. The van der Waals surface area contributed by atoms with Gasteiger partial charge in [-0.3, -0.25) is 4.72 Å². The van der Waals surface area contributed by atoms with Crippen LogP contribution in [0.25, 0.3) is 22.3 Å². The highest BCUT2D eigenvalue weighted by molar-refractivity contribution is 7.92. The van der Waals surface area contributed by atoms with Crippen molar-refractivity contribution in [2.75, 3.05) is 22.8 Å². The van der Waals surface area contributed by atoms with Gasteiger partial charge >= 0.3 is 0 Å². The number of hydrogen-bond donors (Lipinski definition) is 2. The van der Waals surface area contributed by atoms with Crippen molar-refractivity contribution in [1.82, 2.24) is 19.7 Å². The molecule has 2 aromatic heterocycles. The van der Waals surface area contributed by atoms with Crippen LogP contribution in [0.4, 0.5) is 11.6 Å². The summed E-state index contributed by atoms with van der Waals surface area (Å²) in [6.07, 6.45) is 11.1. The van der Waals surface area contributed by atoms with Gasteiger partial charge in [-0.1, -0.05) is 44.7 Å². The fourth-order valence-corrected chi connectivity index (χ4v) is 4.65. The van der Waals surface area contributed by atoms with Crippen LogP contribution < -0.4 is 10.0 Å². The van der Waals surface area contributed by atoms with E-state index in [4.69, 9.17) is 10.1 Å². The smallest absolute Gasteiger partial charge is 0.229 e. The summed E-state index contributed by atoms with van der Waals surface area (Å²) < 4.78 is 27.6. The predicted octanol–water partition coefficient (Wildman–Crippen LogP) is 4.58. The van der Waals surface area contributed by atoms with Gasteiger partial charge in [0.05, 0.1) is 17.7 Å². The lowest BCUT2D eigenvalue weighted by Gasteiger charge is -2.22. The monoisotopic (exact) mass is 442 g/mol.